The van der Waals surface area contributed by atoms with Gasteiger partial charge in [0, 0.05) is 19.2 Å². The quantitative estimate of drug-likeness (QED) is 0.557. The van der Waals surface area contributed by atoms with Gasteiger partial charge in [-0.15, -0.1) is 0 Å². The summed E-state index contributed by atoms with van der Waals surface area (Å²) in [5.74, 6) is 0. The SMILES string of the molecule is [2H]c1c([2H])c([2H])[n+](CCN([2H])P(=O)(O)OC)c([2H])c1[2H]. The van der Waals surface area contributed by atoms with Gasteiger partial charge >= 0.3 is 7.75 Å². The maximum absolute atomic E-state index is 11.3. The smallest absolute Gasteiger partial charge is 0.312 e. The molecule has 1 heterocycles. The van der Waals surface area contributed by atoms with E-state index in [4.69, 9.17) is 8.27 Å². The Bertz CT molecular complexity index is 543. The zero-order valence-corrected chi connectivity index (χ0v) is 8.41. The Labute approximate surface area is 91.4 Å². The van der Waals surface area contributed by atoms with Crippen LogP contribution < -0.4 is 9.65 Å². The molecule has 1 aromatic rings. The van der Waals surface area contributed by atoms with Crippen molar-refractivity contribution in [2.75, 3.05) is 13.7 Å². The van der Waals surface area contributed by atoms with Crippen LogP contribution in [0.4, 0.5) is 0 Å². The van der Waals surface area contributed by atoms with E-state index >= 15 is 0 Å². The van der Waals surface area contributed by atoms with E-state index in [-0.39, 0.29) is 18.2 Å². The lowest BCUT2D eigenvalue weighted by Gasteiger charge is -2.07. The average molecular weight is 223 g/mol. The molecule has 14 heavy (non-hydrogen) atoms. The van der Waals surface area contributed by atoms with Gasteiger partial charge in [0.05, 0.1) is 10.7 Å². The van der Waals surface area contributed by atoms with Crippen LogP contribution in [0.5, 0.6) is 0 Å². The first-order valence-corrected chi connectivity index (χ1v) is 5.28. The fourth-order valence-electron chi connectivity index (χ4n) is 0.691. The predicted molar refractivity (Wildman–Crippen MR) is 51.5 cm³/mol. The van der Waals surface area contributed by atoms with E-state index in [1.807, 2.05) is 0 Å². The van der Waals surface area contributed by atoms with Crippen LogP contribution >= 0.6 is 7.75 Å². The van der Waals surface area contributed by atoms with Gasteiger partial charge in [-0.1, -0.05) is 6.04 Å². The normalized spacial score (nSPS) is 21.4. The highest BCUT2D eigenvalue weighted by Gasteiger charge is 2.15. The first-order chi connectivity index (χ1) is 9.13. The van der Waals surface area contributed by atoms with Crippen molar-refractivity contribution in [2.45, 2.75) is 6.54 Å². The lowest BCUT2D eigenvalue weighted by Crippen LogP contribution is -2.37. The lowest BCUT2D eigenvalue weighted by molar-refractivity contribution is -0.694. The Morgan fingerprint density at radius 2 is 2.29 bits per heavy atom. The lowest BCUT2D eigenvalue weighted by atomic mass is 10.5. The molecule has 5 nitrogen and oxygen atoms in total. The van der Waals surface area contributed by atoms with Gasteiger partial charge < -0.3 is 9.42 Å². The summed E-state index contributed by atoms with van der Waals surface area (Å²) in [5.41, 5.74) is 0. The molecule has 0 saturated carbocycles. The van der Waals surface area contributed by atoms with Gasteiger partial charge in [-0.2, -0.15) is 0 Å². The molecule has 0 aliphatic heterocycles. The molecule has 78 valence electrons. The Kier molecular flexibility index (Phi) is 2.00. The van der Waals surface area contributed by atoms with Crippen molar-refractivity contribution < 1.29 is 26.8 Å². The number of nitrogens with zero attached hydrogens (tertiary/aromatic N) is 1. The van der Waals surface area contributed by atoms with Crippen LogP contribution in [0, 0.1) is 0 Å². The molecule has 1 atom stereocenters. The summed E-state index contributed by atoms with van der Waals surface area (Å²) in [7, 11) is -3.26. The number of pyridine rings is 1. The molecule has 0 aliphatic rings. The number of hydrogen-bond donors (Lipinski definition) is 2. The van der Waals surface area contributed by atoms with Crippen molar-refractivity contribution in [1.29, 1.82) is 0 Å². The highest BCUT2D eigenvalue weighted by Crippen LogP contribution is 2.34. The summed E-state index contributed by atoms with van der Waals surface area (Å²) in [5, 5.41) is 0.278. The van der Waals surface area contributed by atoms with Gasteiger partial charge in [-0.3, -0.25) is 0 Å². The molecule has 1 aromatic heterocycles. The van der Waals surface area contributed by atoms with Gasteiger partial charge in [-0.05, 0) is 0 Å². The van der Waals surface area contributed by atoms with Crippen LogP contribution in [0.2, 0.25) is 1.41 Å². The second kappa shape index (κ2) is 5.22. The molecule has 0 spiro atoms. The second-order valence-corrected chi connectivity index (χ2v) is 3.92. The van der Waals surface area contributed by atoms with E-state index in [0.717, 1.165) is 11.7 Å². The summed E-state index contributed by atoms with van der Waals surface area (Å²) < 4.78 is 61.4. The molecule has 0 radical (unpaired) electrons. The van der Waals surface area contributed by atoms with E-state index in [1.54, 1.807) is 0 Å². The third-order valence-corrected chi connectivity index (χ3v) is 2.38. The van der Waals surface area contributed by atoms with E-state index in [2.05, 4.69) is 4.52 Å². The van der Waals surface area contributed by atoms with E-state index in [1.165, 1.54) is 0 Å². The van der Waals surface area contributed by atoms with Gasteiger partial charge in [0.25, 0.3) is 0 Å². The monoisotopic (exact) mass is 223 g/mol. The van der Waals surface area contributed by atoms with Gasteiger partial charge in [0.1, 0.15) is 4.15 Å². The van der Waals surface area contributed by atoms with Crippen LogP contribution in [-0.4, -0.2) is 18.5 Å². The Morgan fingerprint density at radius 3 is 2.86 bits per heavy atom. The average Bonchev–Trinajstić information content (AvgIpc) is 2.42. The molecule has 0 fully saturated rings. The minimum absolute atomic E-state index is 0.229. The van der Waals surface area contributed by atoms with Crippen molar-refractivity contribution >= 4 is 7.75 Å². The zero-order valence-electron chi connectivity index (χ0n) is 13.5. The molecule has 2 N–H and O–H groups in total. The minimum atomic E-state index is -4.23. The van der Waals surface area contributed by atoms with Crippen LogP contribution in [0.1, 0.15) is 6.85 Å². The van der Waals surface area contributed by atoms with Crippen molar-refractivity contribution in [3.8, 4) is 0 Å². The topological polar surface area (TPSA) is 62.4 Å². The summed E-state index contributed by atoms with van der Waals surface area (Å²) in [6.45, 7) is -0.576. The van der Waals surface area contributed by atoms with Crippen LogP contribution in [0.15, 0.2) is 30.5 Å². The van der Waals surface area contributed by atoms with Gasteiger partial charge in [0.2, 0.25) is 0 Å². The molecule has 1 rings (SSSR count). The first-order valence-electron chi connectivity index (χ1n) is 6.70. The standard InChI is InChI=1S/C8H13N2O3P/c1-13-14(11,12)9-5-8-10-6-3-2-4-7-10/h2-4,6-7H,5,8H2,1H3,(H-,9,11,12)/p+1/i2D,3D,4D,6D,7D/hD. The van der Waals surface area contributed by atoms with Crippen molar-refractivity contribution in [3.05, 3.63) is 30.5 Å². The Balaban J connectivity index is 3.03. The molecule has 0 amide bonds. The van der Waals surface area contributed by atoms with E-state index in [0.29, 0.717) is 0 Å². The molecule has 0 aromatic carbocycles. The third kappa shape index (κ3) is 3.98. The van der Waals surface area contributed by atoms with Gasteiger partial charge in [0.15, 0.2) is 18.9 Å². The number of rotatable bonds is 5. The zero-order chi connectivity index (χ0) is 15.7. The third-order valence-electron chi connectivity index (χ3n) is 1.35. The highest BCUT2D eigenvalue weighted by molar-refractivity contribution is 7.50. The molecule has 0 bridgehead atoms. The Hall–Kier alpha value is -0.740. The minimum Gasteiger partial charge on any atom is -0.312 e. The van der Waals surface area contributed by atoms with E-state index in [9.17, 15) is 9.46 Å². The number of hydrogen-bond acceptors (Lipinski definition) is 2. The predicted octanol–water partition coefficient (Wildman–Crippen LogP) is 0.310. The molecule has 1 unspecified atom stereocenters. The molecule has 0 saturated heterocycles. The maximum atomic E-state index is 11.3. The maximum Gasteiger partial charge on any atom is 0.402 e. The highest BCUT2D eigenvalue weighted by atomic mass is 31.2. The molecular weight excluding hydrogens is 203 g/mol. The Morgan fingerprint density at radius 1 is 1.64 bits per heavy atom. The van der Waals surface area contributed by atoms with Crippen molar-refractivity contribution in [3.63, 3.8) is 0 Å². The summed E-state index contributed by atoms with van der Waals surface area (Å²) in [4.78, 5) is 9.23. The molecule has 6 heteroatoms. The van der Waals surface area contributed by atoms with Crippen molar-refractivity contribution in [1.82, 2.24) is 5.08 Å². The molecule has 0 aliphatic carbocycles. The first kappa shape index (κ1) is 5.37. The summed E-state index contributed by atoms with van der Waals surface area (Å²) in [6.07, 6.45) is -0.927. The van der Waals surface area contributed by atoms with Crippen LogP contribution in [0.3, 0.4) is 0 Å². The molecular formula is C8H14N2O3P+. The largest absolute Gasteiger partial charge is 0.402 e. The number of aromatic nitrogens is 1. The van der Waals surface area contributed by atoms with Crippen LogP contribution in [-0.2, 0) is 15.6 Å². The summed E-state index contributed by atoms with van der Waals surface area (Å²) in [6, 6.07) is -1.55. The van der Waals surface area contributed by atoms with Crippen molar-refractivity contribution in [2.24, 2.45) is 0 Å². The van der Waals surface area contributed by atoms with Crippen LogP contribution in [0.25, 0.3) is 0 Å². The second-order valence-electron chi connectivity index (χ2n) is 2.29. The van der Waals surface area contributed by atoms with E-state index < -0.39 is 38.2 Å². The summed E-state index contributed by atoms with van der Waals surface area (Å²) >= 11 is 0. The number of nitrogens with one attached hydrogen (secondary N) is 1. The fourth-order valence-corrected chi connectivity index (χ4v) is 1.15. The fraction of sp³-hybridized carbons (Fsp3) is 0.375. The van der Waals surface area contributed by atoms with Gasteiger partial charge in [-0.25, -0.2) is 14.2 Å².